The van der Waals surface area contributed by atoms with E-state index in [0.717, 1.165) is 0 Å². The maximum Gasteiger partial charge on any atom is 0.329 e. The molecule has 0 aromatic heterocycles. The van der Waals surface area contributed by atoms with E-state index in [9.17, 15) is 43.5 Å². The second kappa shape index (κ2) is 30.4. The van der Waals surface area contributed by atoms with Gasteiger partial charge < -0.3 is 53.5 Å². The molecule has 0 spiro atoms. The molecule has 0 aromatic carbocycles. The lowest BCUT2D eigenvalue weighted by Crippen LogP contribution is -2.62. The average molecular weight is 1090 g/mol. The topological polar surface area (TPSA) is 213 Å². The summed E-state index contributed by atoms with van der Waals surface area (Å²) < 4.78 is 23.3. The van der Waals surface area contributed by atoms with E-state index in [4.69, 9.17) is 18.9 Å². The van der Waals surface area contributed by atoms with E-state index in [0.29, 0.717) is 76.3 Å². The molecule has 0 aromatic rings. The van der Waals surface area contributed by atoms with Crippen LogP contribution in [0.1, 0.15) is 147 Å². The van der Waals surface area contributed by atoms with Crippen LogP contribution in [0, 0.1) is 35.5 Å². The summed E-state index contributed by atoms with van der Waals surface area (Å²) in [6, 6.07) is -6.07. The highest BCUT2D eigenvalue weighted by molar-refractivity contribution is 5.98. The number of esters is 2. The fourth-order valence-electron chi connectivity index (χ4n) is 10.9. The SMILES string of the molecule is CC[C@H](C)[C@H]1C(=O)N(C)[C@@H](C(C)C)C(=O)N(C)[C@@H](COC)C(=O)N2CCC[C@H]2C(=O)N(C)[C@@H](C(C)C)C(=O)N2CCC[C@H]2C(=O)O[C@H](C(C)C)CCCC[C@@H](O)[C@@H](C)C(=O)O[C@H](C)[C@@H](C)CC=C(C)C(OC)=CC(=O)N1C. The molecule has 12 atom stereocenters. The van der Waals surface area contributed by atoms with Gasteiger partial charge in [-0.05, 0) is 107 Å². The number of carbonyl (C=O) groups is 8. The first-order valence-electron chi connectivity index (χ1n) is 28.3. The van der Waals surface area contributed by atoms with Crippen molar-refractivity contribution >= 4 is 47.4 Å². The first-order chi connectivity index (χ1) is 36.1. The number of carbonyl (C=O) groups excluding carboxylic acids is 8. The number of ether oxygens (including phenoxy) is 4. The molecule has 77 heavy (non-hydrogen) atoms. The number of fused-ring (bicyclic) bond motifs is 2. The smallest absolute Gasteiger partial charge is 0.329 e. The summed E-state index contributed by atoms with van der Waals surface area (Å²) in [7, 11) is 8.96. The van der Waals surface area contributed by atoms with Crippen LogP contribution in [-0.4, -0.2) is 199 Å². The maximum atomic E-state index is 14.9. The Hall–Kier alpha value is -5.04. The van der Waals surface area contributed by atoms with Crippen LogP contribution < -0.4 is 0 Å². The van der Waals surface area contributed by atoms with Crippen molar-refractivity contribution < 1.29 is 62.4 Å². The number of aliphatic hydroxyl groups is 1. The second-order valence-corrected chi connectivity index (χ2v) is 23.2. The second-order valence-electron chi connectivity index (χ2n) is 23.2. The molecule has 0 bridgehead atoms. The molecule has 19 heteroatoms. The van der Waals surface area contributed by atoms with Gasteiger partial charge in [0.2, 0.25) is 29.5 Å². The molecule has 3 rings (SSSR count). The van der Waals surface area contributed by atoms with Gasteiger partial charge in [-0.2, -0.15) is 0 Å². The van der Waals surface area contributed by atoms with Crippen molar-refractivity contribution in [1.29, 1.82) is 0 Å². The zero-order valence-corrected chi connectivity index (χ0v) is 50.0. The Bertz CT molecular complexity index is 2090. The molecule has 1 N–H and O–H groups in total. The lowest BCUT2D eigenvalue weighted by atomic mass is 9.93. The molecule has 0 unspecified atom stereocenters. The highest BCUT2D eigenvalue weighted by atomic mass is 16.6. The predicted molar refractivity (Wildman–Crippen MR) is 293 cm³/mol. The molecule has 3 aliphatic heterocycles. The zero-order valence-electron chi connectivity index (χ0n) is 50.0. The van der Waals surface area contributed by atoms with E-state index in [1.807, 2.05) is 54.5 Å². The van der Waals surface area contributed by atoms with Crippen LogP contribution in [0.25, 0.3) is 0 Å². The number of rotatable bonds is 8. The molecule has 3 aliphatic rings. The van der Waals surface area contributed by atoms with Crippen molar-refractivity contribution in [3.8, 4) is 0 Å². The molecule has 6 amide bonds. The van der Waals surface area contributed by atoms with Gasteiger partial charge in [0.15, 0.2) is 0 Å². The summed E-state index contributed by atoms with van der Waals surface area (Å²) in [6.45, 7) is 22.4. The normalized spacial score (nSPS) is 30.4. The van der Waals surface area contributed by atoms with Gasteiger partial charge in [-0.3, -0.25) is 33.6 Å². The van der Waals surface area contributed by atoms with Gasteiger partial charge in [-0.15, -0.1) is 0 Å². The predicted octanol–water partition coefficient (Wildman–Crippen LogP) is 5.85. The lowest BCUT2D eigenvalue weighted by Gasteiger charge is -2.41. The lowest BCUT2D eigenvalue weighted by molar-refractivity contribution is -0.163. The molecule has 0 radical (unpaired) electrons. The maximum absolute atomic E-state index is 14.9. The Morgan fingerprint density at radius 2 is 1.16 bits per heavy atom. The summed E-state index contributed by atoms with van der Waals surface area (Å²) in [4.78, 5) is 124. The van der Waals surface area contributed by atoms with Gasteiger partial charge in [0.1, 0.15) is 54.2 Å². The standard InChI is InChI=1S/C58H98N6O13/c1-19-37(8)51-55(70)62(16)49(35(4)5)54(69)59(13)44(33-74-17)53(68)63-30-22-24-42(63)52(67)61(15)50(36(6)7)56(71)64-31-23-25-43(64)58(73)77-46(34(2)3)27-21-20-26-45(65)40(11)57(72)76-41(12)38(9)28-29-39(10)47(75-18)32-48(66)60(51)14/h29,32,34-38,40-46,49-51,65H,19-28,30-31,33H2,1-18H3/t37-,38-,40+,41+,42-,43-,44-,45+,46-,49-,50-,51-/m0/s1. The van der Waals surface area contributed by atoms with Crippen molar-refractivity contribution in [3.05, 3.63) is 23.5 Å². The van der Waals surface area contributed by atoms with Gasteiger partial charge in [0.25, 0.3) is 5.91 Å². The van der Waals surface area contributed by atoms with E-state index in [2.05, 4.69) is 0 Å². The number of methoxy groups -OCH3 is 2. The Balaban J connectivity index is 2.10. The fourth-order valence-corrected chi connectivity index (χ4v) is 10.9. The highest BCUT2D eigenvalue weighted by Gasteiger charge is 2.47. The van der Waals surface area contributed by atoms with Crippen molar-refractivity contribution in [2.24, 2.45) is 35.5 Å². The third-order valence-corrected chi connectivity index (χ3v) is 16.5. The van der Waals surface area contributed by atoms with Crippen LogP contribution >= 0.6 is 0 Å². The van der Waals surface area contributed by atoms with Crippen LogP contribution in [0.3, 0.4) is 0 Å². The number of hydrogen-bond acceptors (Lipinski definition) is 13. The molecular formula is C58H98N6O13. The van der Waals surface area contributed by atoms with Crippen LogP contribution in [0.4, 0.5) is 0 Å². The number of amides is 6. The van der Waals surface area contributed by atoms with Crippen LogP contribution in [-0.2, 0) is 57.3 Å². The first kappa shape index (κ1) is 66.2. The first-order valence-corrected chi connectivity index (χ1v) is 28.3. The van der Waals surface area contributed by atoms with E-state index in [1.165, 1.54) is 63.8 Å². The largest absolute Gasteiger partial charge is 0.496 e. The number of aliphatic hydroxyl groups excluding tert-OH is 1. The molecule has 438 valence electrons. The Morgan fingerprint density at radius 3 is 1.70 bits per heavy atom. The molecule has 2 saturated heterocycles. The van der Waals surface area contributed by atoms with Crippen molar-refractivity contribution in [1.82, 2.24) is 29.4 Å². The van der Waals surface area contributed by atoms with E-state index >= 15 is 0 Å². The molecule has 2 fully saturated rings. The van der Waals surface area contributed by atoms with Crippen molar-refractivity contribution in [2.45, 2.75) is 202 Å². The number of likely N-dealkylation sites (N-methyl/N-ethyl adjacent to an activating group) is 4. The van der Waals surface area contributed by atoms with Crippen LogP contribution in [0.5, 0.6) is 0 Å². The van der Waals surface area contributed by atoms with Gasteiger partial charge in [-0.1, -0.05) is 81.2 Å². The zero-order chi connectivity index (χ0) is 58.3. The quantitative estimate of drug-likeness (QED) is 0.283. The molecule has 0 aliphatic carbocycles. The summed E-state index contributed by atoms with van der Waals surface area (Å²) in [5.74, 6) is -5.83. The highest BCUT2D eigenvalue weighted by Crippen LogP contribution is 2.30. The third-order valence-electron chi connectivity index (χ3n) is 16.5. The summed E-state index contributed by atoms with van der Waals surface area (Å²) in [5, 5.41) is 11.1. The van der Waals surface area contributed by atoms with Crippen molar-refractivity contribution in [3.63, 3.8) is 0 Å². The van der Waals surface area contributed by atoms with Gasteiger partial charge >= 0.3 is 11.9 Å². The summed E-state index contributed by atoms with van der Waals surface area (Å²) in [5.41, 5.74) is 0.644. The van der Waals surface area contributed by atoms with Gasteiger partial charge in [0.05, 0.1) is 25.7 Å². The minimum atomic E-state index is -1.19. The molecule has 3 heterocycles. The minimum Gasteiger partial charge on any atom is -0.496 e. The molecule has 0 saturated carbocycles. The molecular weight excluding hydrogens is 989 g/mol. The number of hydrogen-bond donors (Lipinski definition) is 1. The molecule has 19 nitrogen and oxygen atoms in total. The van der Waals surface area contributed by atoms with Gasteiger partial charge in [-0.25, -0.2) is 4.79 Å². The Kier molecular flexibility index (Phi) is 26.1. The number of cyclic esters (lactones) is 2. The minimum absolute atomic E-state index is 0.0485. The Labute approximate surface area is 460 Å². The van der Waals surface area contributed by atoms with Crippen LogP contribution in [0.15, 0.2) is 23.5 Å². The van der Waals surface area contributed by atoms with E-state index in [-0.39, 0.29) is 42.6 Å². The Morgan fingerprint density at radius 1 is 0.623 bits per heavy atom. The van der Waals surface area contributed by atoms with Crippen molar-refractivity contribution in [2.75, 3.05) is 62.1 Å². The van der Waals surface area contributed by atoms with Crippen LogP contribution in [0.2, 0.25) is 0 Å². The average Bonchev–Trinajstić information content (AvgIpc) is 4.09. The van der Waals surface area contributed by atoms with Gasteiger partial charge in [0, 0.05) is 54.5 Å². The number of allylic oxidation sites excluding steroid dienone is 2. The van der Waals surface area contributed by atoms with E-state index in [1.54, 1.807) is 48.7 Å². The monoisotopic (exact) mass is 1090 g/mol. The summed E-state index contributed by atoms with van der Waals surface area (Å²) >= 11 is 0. The number of nitrogens with zero attached hydrogens (tertiary/aromatic N) is 6. The fraction of sp³-hybridized carbons (Fsp3) is 0.793. The third kappa shape index (κ3) is 16.7. The summed E-state index contributed by atoms with van der Waals surface area (Å²) in [6.07, 6.45) is 6.01. The van der Waals surface area contributed by atoms with E-state index < -0.39 is 114 Å².